The highest BCUT2D eigenvalue weighted by Gasteiger charge is 2.60. The summed E-state index contributed by atoms with van der Waals surface area (Å²) in [4.78, 5) is 26.3. The molecule has 2 aliphatic heterocycles. The van der Waals surface area contributed by atoms with Gasteiger partial charge in [-0.05, 0) is 82.1 Å². The first-order valence-electron chi connectivity index (χ1n) is 9.66. The van der Waals surface area contributed by atoms with Gasteiger partial charge in [0.25, 0.3) is 0 Å². The van der Waals surface area contributed by atoms with Crippen molar-refractivity contribution in [3.8, 4) is 0 Å². The SMILES string of the molecule is CC1C(=O)CC[C@]2(C)[C@@H]3CC[C@]4(C)C(C=O)CC[C@H]4[C@@H]3CCN12. The average Bonchev–Trinajstić information content (AvgIpc) is 2.88. The second-order valence-electron chi connectivity index (χ2n) is 9.22. The average molecular weight is 317 g/mol. The van der Waals surface area contributed by atoms with Gasteiger partial charge in [-0.2, -0.15) is 0 Å². The van der Waals surface area contributed by atoms with E-state index in [4.69, 9.17) is 0 Å². The Morgan fingerprint density at radius 1 is 1.09 bits per heavy atom. The van der Waals surface area contributed by atoms with E-state index in [1.807, 2.05) is 0 Å². The Balaban J connectivity index is 1.65. The van der Waals surface area contributed by atoms with E-state index in [-0.39, 0.29) is 22.9 Å². The van der Waals surface area contributed by atoms with Gasteiger partial charge in [0.05, 0.1) is 6.04 Å². The topological polar surface area (TPSA) is 37.4 Å². The van der Waals surface area contributed by atoms with Gasteiger partial charge in [-0.3, -0.25) is 9.69 Å². The summed E-state index contributed by atoms with van der Waals surface area (Å²) in [5, 5.41) is 0. The molecule has 2 saturated carbocycles. The molecule has 0 aromatic rings. The number of Topliss-reactive ketones (excluding diaryl/α,β-unsaturated/α-hetero) is 1. The third kappa shape index (κ3) is 1.98. The third-order valence-electron chi connectivity index (χ3n) is 8.64. The molecule has 128 valence electrons. The van der Waals surface area contributed by atoms with Crippen LogP contribution in [-0.4, -0.2) is 35.1 Å². The molecule has 7 atom stereocenters. The molecule has 0 aromatic heterocycles. The molecule has 0 radical (unpaired) electrons. The number of carbonyl (C=O) groups is 2. The summed E-state index contributed by atoms with van der Waals surface area (Å²) in [6, 6.07) is 0.106. The Bertz CT molecular complexity index is 532. The van der Waals surface area contributed by atoms with Gasteiger partial charge in [0, 0.05) is 17.9 Å². The number of hydrogen-bond acceptors (Lipinski definition) is 3. The fourth-order valence-electron chi connectivity index (χ4n) is 7.21. The summed E-state index contributed by atoms with van der Waals surface area (Å²) >= 11 is 0. The highest BCUT2D eigenvalue weighted by atomic mass is 16.1. The second-order valence-corrected chi connectivity index (χ2v) is 9.22. The van der Waals surface area contributed by atoms with Crippen LogP contribution in [0.2, 0.25) is 0 Å². The van der Waals surface area contributed by atoms with Gasteiger partial charge in [-0.1, -0.05) is 6.92 Å². The molecule has 4 aliphatic rings. The smallest absolute Gasteiger partial charge is 0.149 e. The molecule has 3 heteroatoms. The first-order chi connectivity index (χ1) is 10.9. The third-order valence-corrected chi connectivity index (χ3v) is 8.64. The van der Waals surface area contributed by atoms with Crippen molar-refractivity contribution in [1.29, 1.82) is 0 Å². The minimum absolute atomic E-state index is 0.106. The number of nitrogens with zero attached hydrogens (tertiary/aromatic N) is 1. The van der Waals surface area contributed by atoms with E-state index >= 15 is 0 Å². The molecule has 2 unspecified atom stereocenters. The molecule has 4 rings (SSSR count). The molecule has 0 N–H and O–H groups in total. The highest BCUT2D eigenvalue weighted by Crippen LogP contribution is 2.63. The van der Waals surface area contributed by atoms with Crippen molar-refractivity contribution in [1.82, 2.24) is 4.90 Å². The number of aldehydes is 1. The van der Waals surface area contributed by atoms with Crippen LogP contribution in [0, 0.1) is 29.1 Å². The van der Waals surface area contributed by atoms with Crippen LogP contribution in [0.25, 0.3) is 0 Å². The molecule has 0 aromatic carbocycles. The van der Waals surface area contributed by atoms with Crippen LogP contribution in [0.15, 0.2) is 0 Å². The highest BCUT2D eigenvalue weighted by molar-refractivity contribution is 5.84. The molecular weight excluding hydrogens is 286 g/mol. The number of ketones is 1. The lowest BCUT2D eigenvalue weighted by molar-refractivity contribution is -0.154. The minimum Gasteiger partial charge on any atom is -0.303 e. The zero-order valence-corrected chi connectivity index (χ0v) is 14.9. The van der Waals surface area contributed by atoms with Crippen molar-refractivity contribution < 1.29 is 9.59 Å². The summed E-state index contributed by atoms with van der Waals surface area (Å²) < 4.78 is 0. The number of carbonyl (C=O) groups excluding carboxylic acids is 2. The normalized spacial score (nSPS) is 53.3. The van der Waals surface area contributed by atoms with E-state index in [2.05, 4.69) is 25.7 Å². The summed E-state index contributed by atoms with van der Waals surface area (Å²) in [6.45, 7) is 8.01. The lowest BCUT2D eigenvalue weighted by Crippen LogP contribution is -2.67. The monoisotopic (exact) mass is 317 g/mol. The maximum atomic E-state index is 12.2. The van der Waals surface area contributed by atoms with Crippen LogP contribution in [-0.2, 0) is 9.59 Å². The largest absolute Gasteiger partial charge is 0.303 e. The Hall–Kier alpha value is -0.700. The van der Waals surface area contributed by atoms with E-state index in [0.717, 1.165) is 43.6 Å². The molecule has 2 saturated heterocycles. The summed E-state index contributed by atoms with van der Waals surface area (Å²) in [5.74, 6) is 2.92. The van der Waals surface area contributed by atoms with Crippen molar-refractivity contribution in [2.75, 3.05) is 6.54 Å². The fraction of sp³-hybridized carbons (Fsp3) is 0.900. The van der Waals surface area contributed by atoms with E-state index in [0.29, 0.717) is 5.78 Å². The Kier molecular flexibility index (Phi) is 3.54. The molecule has 23 heavy (non-hydrogen) atoms. The van der Waals surface area contributed by atoms with Crippen LogP contribution >= 0.6 is 0 Å². The first kappa shape index (κ1) is 15.8. The maximum Gasteiger partial charge on any atom is 0.149 e. The zero-order chi connectivity index (χ0) is 16.4. The van der Waals surface area contributed by atoms with Gasteiger partial charge in [0.1, 0.15) is 12.1 Å². The summed E-state index contributed by atoms with van der Waals surface area (Å²) in [7, 11) is 0. The van der Waals surface area contributed by atoms with Gasteiger partial charge in [0.2, 0.25) is 0 Å². The van der Waals surface area contributed by atoms with Crippen LogP contribution in [0.5, 0.6) is 0 Å². The molecule has 4 fully saturated rings. The van der Waals surface area contributed by atoms with Crippen molar-refractivity contribution >= 4 is 12.1 Å². The van der Waals surface area contributed by atoms with Crippen molar-refractivity contribution in [2.24, 2.45) is 29.1 Å². The molecule has 0 bridgehead atoms. The summed E-state index contributed by atoms with van der Waals surface area (Å²) in [5.41, 5.74) is 0.453. The summed E-state index contributed by atoms with van der Waals surface area (Å²) in [6.07, 6.45) is 9.06. The molecule has 3 nitrogen and oxygen atoms in total. The molecule has 2 heterocycles. The Morgan fingerprint density at radius 3 is 2.61 bits per heavy atom. The zero-order valence-electron chi connectivity index (χ0n) is 14.9. The van der Waals surface area contributed by atoms with Gasteiger partial charge in [-0.15, -0.1) is 0 Å². The minimum atomic E-state index is 0.106. The predicted molar refractivity (Wildman–Crippen MR) is 90.0 cm³/mol. The van der Waals surface area contributed by atoms with Gasteiger partial charge < -0.3 is 4.79 Å². The second kappa shape index (κ2) is 5.15. The van der Waals surface area contributed by atoms with Crippen molar-refractivity contribution in [3.63, 3.8) is 0 Å². The maximum absolute atomic E-state index is 12.2. The van der Waals surface area contributed by atoms with Gasteiger partial charge in [0.15, 0.2) is 0 Å². The molecule has 0 amide bonds. The molecule has 2 aliphatic carbocycles. The Morgan fingerprint density at radius 2 is 1.87 bits per heavy atom. The molecule has 0 spiro atoms. The van der Waals surface area contributed by atoms with Crippen molar-refractivity contribution in [2.45, 2.75) is 77.3 Å². The number of piperidine rings is 2. The lowest BCUT2D eigenvalue weighted by atomic mass is 9.51. The van der Waals surface area contributed by atoms with E-state index in [1.54, 1.807) is 0 Å². The molecular formula is C20H31NO2. The quantitative estimate of drug-likeness (QED) is 0.695. The lowest BCUT2D eigenvalue weighted by Gasteiger charge is -2.62. The standard InChI is InChI=1S/C20H31NO2/c1-13-18(23)7-10-20(3)17-6-9-19(2)14(12-22)4-5-16(19)15(17)8-11-21(13)20/h12-17H,4-11H2,1-3H3/t13?,14?,15-,16-,17+,19+,20+/m0/s1. The Labute approximate surface area is 140 Å². The van der Waals surface area contributed by atoms with E-state index in [1.165, 1.54) is 32.0 Å². The first-order valence-corrected chi connectivity index (χ1v) is 9.66. The van der Waals surface area contributed by atoms with Crippen LogP contribution in [0.4, 0.5) is 0 Å². The van der Waals surface area contributed by atoms with Crippen LogP contribution < -0.4 is 0 Å². The van der Waals surface area contributed by atoms with Gasteiger partial charge in [-0.25, -0.2) is 0 Å². The van der Waals surface area contributed by atoms with E-state index < -0.39 is 0 Å². The number of hydrogen-bond donors (Lipinski definition) is 0. The van der Waals surface area contributed by atoms with Crippen LogP contribution in [0.1, 0.15) is 65.7 Å². The van der Waals surface area contributed by atoms with Crippen molar-refractivity contribution in [3.05, 3.63) is 0 Å². The number of rotatable bonds is 1. The van der Waals surface area contributed by atoms with E-state index in [9.17, 15) is 9.59 Å². The number of fused-ring (bicyclic) bond motifs is 5. The predicted octanol–water partition coefficient (Wildman–Crippen LogP) is 3.46. The van der Waals surface area contributed by atoms with Gasteiger partial charge >= 0.3 is 0 Å². The fourth-order valence-corrected chi connectivity index (χ4v) is 7.21. The van der Waals surface area contributed by atoms with Crippen LogP contribution in [0.3, 0.4) is 0 Å².